The lowest BCUT2D eigenvalue weighted by atomic mass is 10.1. The molecule has 0 aromatic carbocycles. The number of nitrogens with zero attached hydrogens (tertiary/aromatic N) is 3. The fourth-order valence-corrected chi connectivity index (χ4v) is 2.52. The predicted octanol–water partition coefficient (Wildman–Crippen LogP) is 2.03. The first-order chi connectivity index (χ1) is 8.33. The first-order valence-electron chi connectivity index (χ1n) is 5.40. The minimum Gasteiger partial charge on any atom is -0.322 e. The molecule has 3 aromatic rings. The molecule has 2 N–H and O–H groups in total. The summed E-state index contributed by atoms with van der Waals surface area (Å²) in [6, 6.07) is 5.70. The average molecular weight is 244 g/mol. The molecular weight excluding hydrogens is 232 g/mol. The lowest BCUT2D eigenvalue weighted by Crippen LogP contribution is -2.14. The Morgan fingerprint density at radius 3 is 3.12 bits per heavy atom. The van der Waals surface area contributed by atoms with Gasteiger partial charge in [-0.3, -0.25) is 9.38 Å². The van der Waals surface area contributed by atoms with Crippen molar-refractivity contribution in [2.75, 3.05) is 0 Å². The van der Waals surface area contributed by atoms with Crippen LogP contribution in [0.25, 0.3) is 4.96 Å². The number of imidazole rings is 1. The molecule has 0 aliphatic rings. The highest BCUT2D eigenvalue weighted by Gasteiger charge is 2.10. The topological polar surface area (TPSA) is 56.2 Å². The molecule has 0 saturated carbocycles. The zero-order valence-electron chi connectivity index (χ0n) is 9.15. The molecule has 0 aliphatic heterocycles. The third-order valence-electron chi connectivity index (χ3n) is 2.64. The summed E-state index contributed by atoms with van der Waals surface area (Å²) in [5.74, 6) is 0. The average Bonchev–Trinajstić information content (AvgIpc) is 2.90. The molecule has 1 unspecified atom stereocenters. The summed E-state index contributed by atoms with van der Waals surface area (Å²) in [6.45, 7) is 0. The second-order valence-corrected chi connectivity index (χ2v) is 4.76. The maximum Gasteiger partial charge on any atom is 0.193 e. The summed E-state index contributed by atoms with van der Waals surface area (Å²) >= 11 is 1.63. The van der Waals surface area contributed by atoms with Crippen LogP contribution in [0.5, 0.6) is 0 Å². The van der Waals surface area contributed by atoms with E-state index >= 15 is 0 Å². The predicted molar refractivity (Wildman–Crippen MR) is 67.9 cm³/mol. The first-order valence-corrected chi connectivity index (χ1v) is 6.28. The largest absolute Gasteiger partial charge is 0.322 e. The fourth-order valence-electron chi connectivity index (χ4n) is 1.80. The van der Waals surface area contributed by atoms with Gasteiger partial charge in [-0.15, -0.1) is 11.3 Å². The SMILES string of the molecule is NC(Cc1cn2ccsc2n1)c1ccccn1. The number of pyridine rings is 1. The Morgan fingerprint density at radius 2 is 2.35 bits per heavy atom. The molecule has 3 rings (SSSR count). The van der Waals surface area contributed by atoms with Crippen molar-refractivity contribution in [3.63, 3.8) is 0 Å². The molecule has 0 saturated heterocycles. The number of hydrogen-bond acceptors (Lipinski definition) is 4. The minimum absolute atomic E-state index is 0.0965. The molecule has 0 spiro atoms. The van der Waals surface area contributed by atoms with Gasteiger partial charge in [-0.05, 0) is 12.1 Å². The van der Waals surface area contributed by atoms with Gasteiger partial charge in [0.15, 0.2) is 4.96 Å². The van der Waals surface area contributed by atoms with E-state index in [1.54, 1.807) is 17.5 Å². The van der Waals surface area contributed by atoms with E-state index in [-0.39, 0.29) is 6.04 Å². The molecule has 17 heavy (non-hydrogen) atoms. The van der Waals surface area contributed by atoms with Gasteiger partial charge in [-0.25, -0.2) is 4.98 Å². The third-order valence-corrected chi connectivity index (χ3v) is 3.41. The van der Waals surface area contributed by atoms with Gasteiger partial charge in [0, 0.05) is 30.4 Å². The van der Waals surface area contributed by atoms with Crippen LogP contribution in [-0.4, -0.2) is 14.4 Å². The Bertz CT molecular complexity index is 585. The molecule has 0 bridgehead atoms. The Kier molecular flexibility index (Phi) is 2.62. The Labute approximate surface area is 103 Å². The Hall–Kier alpha value is -1.72. The van der Waals surface area contributed by atoms with Crippen LogP contribution in [-0.2, 0) is 6.42 Å². The standard InChI is InChI=1S/C12H12N4S/c13-10(11-3-1-2-4-14-11)7-9-8-16-5-6-17-12(16)15-9/h1-6,8,10H,7,13H2. The van der Waals surface area contributed by atoms with Crippen LogP contribution in [0.2, 0.25) is 0 Å². The van der Waals surface area contributed by atoms with E-state index in [0.717, 1.165) is 16.3 Å². The van der Waals surface area contributed by atoms with Crippen LogP contribution in [0.3, 0.4) is 0 Å². The summed E-state index contributed by atoms with van der Waals surface area (Å²) in [4.78, 5) is 9.78. The van der Waals surface area contributed by atoms with E-state index in [0.29, 0.717) is 6.42 Å². The summed E-state index contributed by atoms with van der Waals surface area (Å²) in [5, 5.41) is 2.02. The van der Waals surface area contributed by atoms with Gasteiger partial charge >= 0.3 is 0 Å². The molecule has 0 amide bonds. The van der Waals surface area contributed by atoms with Gasteiger partial charge in [-0.2, -0.15) is 0 Å². The molecule has 4 nitrogen and oxygen atoms in total. The number of rotatable bonds is 3. The Morgan fingerprint density at radius 1 is 1.41 bits per heavy atom. The van der Waals surface area contributed by atoms with E-state index in [9.17, 15) is 0 Å². The maximum absolute atomic E-state index is 6.11. The van der Waals surface area contributed by atoms with Crippen molar-refractivity contribution in [2.45, 2.75) is 12.5 Å². The summed E-state index contributed by atoms with van der Waals surface area (Å²) in [5.41, 5.74) is 8.02. The van der Waals surface area contributed by atoms with Gasteiger partial charge in [0.1, 0.15) is 0 Å². The highest BCUT2D eigenvalue weighted by Crippen LogP contribution is 2.16. The number of aromatic nitrogens is 3. The molecular formula is C12H12N4S. The maximum atomic E-state index is 6.11. The van der Waals surface area contributed by atoms with E-state index in [4.69, 9.17) is 5.73 Å². The molecule has 0 fully saturated rings. The molecule has 5 heteroatoms. The Balaban J connectivity index is 1.81. The third kappa shape index (κ3) is 2.07. The van der Waals surface area contributed by atoms with Gasteiger partial charge < -0.3 is 5.73 Å². The quantitative estimate of drug-likeness (QED) is 0.767. The van der Waals surface area contributed by atoms with Crippen LogP contribution in [0, 0.1) is 0 Å². The monoisotopic (exact) mass is 244 g/mol. The van der Waals surface area contributed by atoms with Crippen LogP contribution >= 0.6 is 11.3 Å². The zero-order chi connectivity index (χ0) is 11.7. The van der Waals surface area contributed by atoms with E-state index in [2.05, 4.69) is 9.97 Å². The highest BCUT2D eigenvalue weighted by molar-refractivity contribution is 7.15. The first kappa shape index (κ1) is 10.4. The molecule has 86 valence electrons. The van der Waals surface area contributed by atoms with Gasteiger partial charge in [0.05, 0.1) is 17.4 Å². The molecule has 0 aliphatic carbocycles. The van der Waals surface area contributed by atoms with Crippen molar-refractivity contribution in [1.82, 2.24) is 14.4 Å². The van der Waals surface area contributed by atoms with Gasteiger partial charge in [0.25, 0.3) is 0 Å². The van der Waals surface area contributed by atoms with Crippen LogP contribution in [0.4, 0.5) is 0 Å². The lowest BCUT2D eigenvalue weighted by Gasteiger charge is -2.08. The summed E-state index contributed by atoms with van der Waals surface area (Å²) < 4.78 is 2.02. The number of hydrogen-bond donors (Lipinski definition) is 1. The van der Waals surface area contributed by atoms with Crippen LogP contribution in [0.15, 0.2) is 42.2 Å². The van der Waals surface area contributed by atoms with E-state index in [1.165, 1.54) is 0 Å². The van der Waals surface area contributed by atoms with E-state index in [1.807, 2.05) is 40.4 Å². The van der Waals surface area contributed by atoms with E-state index < -0.39 is 0 Å². The van der Waals surface area contributed by atoms with Crippen molar-refractivity contribution in [3.05, 3.63) is 53.6 Å². The molecule has 1 atom stereocenters. The second-order valence-electron chi connectivity index (χ2n) is 3.89. The van der Waals surface area contributed by atoms with Crippen molar-refractivity contribution in [3.8, 4) is 0 Å². The van der Waals surface area contributed by atoms with Gasteiger partial charge in [0.2, 0.25) is 0 Å². The summed E-state index contributed by atoms with van der Waals surface area (Å²) in [7, 11) is 0. The smallest absolute Gasteiger partial charge is 0.193 e. The van der Waals surface area contributed by atoms with Crippen LogP contribution in [0.1, 0.15) is 17.4 Å². The minimum atomic E-state index is -0.0965. The van der Waals surface area contributed by atoms with Crippen molar-refractivity contribution in [2.24, 2.45) is 5.73 Å². The lowest BCUT2D eigenvalue weighted by molar-refractivity contribution is 0.686. The summed E-state index contributed by atoms with van der Waals surface area (Å²) in [6.07, 6.45) is 6.50. The molecule has 3 aromatic heterocycles. The van der Waals surface area contributed by atoms with Crippen molar-refractivity contribution in [1.29, 1.82) is 0 Å². The fraction of sp³-hybridized carbons (Fsp3) is 0.167. The number of thiazole rings is 1. The van der Waals surface area contributed by atoms with Crippen molar-refractivity contribution >= 4 is 16.3 Å². The number of nitrogens with two attached hydrogens (primary N) is 1. The second kappa shape index (κ2) is 4.27. The van der Waals surface area contributed by atoms with Gasteiger partial charge in [-0.1, -0.05) is 6.07 Å². The molecule has 0 radical (unpaired) electrons. The normalized spacial score (nSPS) is 13.0. The highest BCUT2D eigenvalue weighted by atomic mass is 32.1. The molecule has 3 heterocycles. The van der Waals surface area contributed by atoms with Crippen LogP contribution < -0.4 is 5.73 Å². The van der Waals surface area contributed by atoms with Crippen molar-refractivity contribution < 1.29 is 0 Å². The zero-order valence-corrected chi connectivity index (χ0v) is 9.97. The number of fused-ring (bicyclic) bond motifs is 1.